The summed E-state index contributed by atoms with van der Waals surface area (Å²) in [6.45, 7) is 3.74. The van der Waals surface area contributed by atoms with Crippen LogP contribution in [0, 0.1) is 19.7 Å². The van der Waals surface area contributed by atoms with Gasteiger partial charge in [0.05, 0.1) is 21.8 Å². The number of amides is 1. The maximum Gasteiger partial charge on any atom is 0.301 e. The van der Waals surface area contributed by atoms with Gasteiger partial charge in [0.25, 0.3) is 5.78 Å². The van der Waals surface area contributed by atoms with Crippen LogP contribution in [0.4, 0.5) is 15.2 Å². The van der Waals surface area contributed by atoms with Gasteiger partial charge >= 0.3 is 5.91 Å². The van der Waals surface area contributed by atoms with Gasteiger partial charge in [0, 0.05) is 25.3 Å². The Morgan fingerprint density at radius 3 is 2.44 bits per heavy atom. The number of hydrogen-bond acceptors (Lipinski definition) is 6. The van der Waals surface area contributed by atoms with E-state index in [0.29, 0.717) is 21.3 Å². The summed E-state index contributed by atoms with van der Waals surface area (Å²) in [4.78, 5) is 34.6. The third-order valence-electron chi connectivity index (χ3n) is 6.36. The van der Waals surface area contributed by atoms with Crippen LogP contribution in [0.2, 0.25) is 0 Å². The lowest BCUT2D eigenvalue weighted by Gasteiger charge is -2.24. The molecule has 0 aliphatic carbocycles. The highest BCUT2D eigenvalue weighted by Gasteiger charge is 2.48. The van der Waals surface area contributed by atoms with Gasteiger partial charge in [-0.2, -0.15) is 0 Å². The lowest BCUT2D eigenvalue weighted by molar-refractivity contribution is -0.132. The SMILES string of the molecule is Cc1ccc(C)c(C(O)=C2C(=O)C(=O)N(c3nc4ccc(F)cc4s3)C2c2ccc(N(C)C)cc2)c1. The first-order chi connectivity index (χ1) is 17.2. The number of aliphatic hydroxyl groups excluding tert-OH is 1. The zero-order valence-corrected chi connectivity index (χ0v) is 21.1. The first-order valence-corrected chi connectivity index (χ1v) is 12.2. The van der Waals surface area contributed by atoms with E-state index in [1.807, 2.05) is 69.2 Å². The second-order valence-corrected chi connectivity index (χ2v) is 10.1. The molecule has 0 bridgehead atoms. The van der Waals surface area contributed by atoms with Crippen LogP contribution in [0.1, 0.15) is 28.3 Å². The summed E-state index contributed by atoms with van der Waals surface area (Å²) in [6, 6.07) is 16.3. The number of rotatable bonds is 4. The van der Waals surface area contributed by atoms with Crippen molar-refractivity contribution in [2.75, 3.05) is 23.9 Å². The topological polar surface area (TPSA) is 73.7 Å². The van der Waals surface area contributed by atoms with Crippen molar-refractivity contribution < 1.29 is 19.1 Å². The normalized spacial score (nSPS) is 17.2. The van der Waals surface area contributed by atoms with Gasteiger partial charge in [-0.1, -0.05) is 41.2 Å². The lowest BCUT2D eigenvalue weighted by Crippen LogP contribution is -2.29. The zero-order chi connectivity index (χ0) is 25.7. The highest BCUT2D eigenvalue weighted by atomic mass is 32.1. The third-order valence-corrected chi connectivity index (χ3v) is 7.38. The van der Waals surface area contributed by atoms with E-state index in [1.54, 1.807) is 6.07 Å². The summed E-state index contributed by atoms with van der Waals surface area (Å²) in [6.07, 6.45) is 0. The second kappa shape index (κ2) is 8.87. The Balaban J connectivity index is 1.74. The van der Waals surface area contributed by atoms with Gasteiger partial charge in [0.15, 0.2) is 5.13 Å². The van der Waals surface area contributed by atoms with E-state index in [0.717, 1.165) is 28.2 Å². The minimum atomic E-state index is -0.897. The molecule has 182 valence electrons. The number of hydrogen-bond donors (Lipinski definition) is 1. The third kappa shape index (κ3) is 3.93. The van der Waals surface area contributed by atoms with Crippen molar-refractivity contribution in [3.05, 3.63) is 94.3 Å². The Morgan fingerprint density at radius 2 is 1.75 bits per heavy atom. The number of carbonyl (C=O) groups excluding carboxylic acids is 2. The van der Waals surface area contributed by atoms with Gasteiger partial charge in [-0.25, -0.2) is 9.37 Å². The standard InChI is InChI=1S/C28H24FN3O3S/c1-15-5-6-16(2)20(13-15)25(33)23-24(17-7-10-19(11-8-17)31(3)4)32(27(35)26(23)34)28-30-21-12-9-18(29)14-22(21)36-28/h5-14,24,33H,1-4H3. The van der Waals surface area contributed by atoms with Crippen LogP contribution in [0.5, 0.6) is 0 Å². The quantitative estimate of drug-likeness (QED) is 0.219. The number of carbonyl (C=O) groups is 2. The van der Waals surface area contributed by atoms with Gasteiger partial charge in [-0.15, -0.1) is 0 Å². The fourth-order valence-corrected chi connectivity index (χ4v) is 5.44. The number of thiazole rings is 1. The number of anilines is 2. The van der Waals surface area contributed by atoms with Crippen molar-refractivity contribution in [1.29, 1.82) is 0 Å². The van der Waals surface area contributed by atoms with Crippen molar-refractivity contribution in [2.45, 2.75) is 19.9 Å². The summed E-state index contributed by atoms with van der Waals surface area (Å²) < 4.78 is 14.4. The molecule has 8 heteroatoms. The van der Waals surface area contributed by atoms with Crippen LogP contribution in [0.3, 0.4) is 0 Å². The molecular weight excluding hydrogens is 477 g/mol. The Morgan fingerprint density at radius 1 is 1.03 bits per heavy atom. The molecule has 3 aromatic carbocycles. The van der Waals surface area contributed by atoms with Crippen LogP contribution in [0.25, 0.3) is 16.0 Å². The largest absolute Gasteiger partial charge is 0.507 e. The van der Waals surface area contributed by atoms with Crippen LogP contribution in [-0.2, 0) is 9.59 Å². The van der Waals surface area contributed by atoms with Crippen molar-refractivity contribution in [1.82, 2.24) is 4.98 Å². The van der Waals surface area contributed by atoms with Crippen LogP contribution in [0.15, 0.2) is 66.2 Å². The van der Waals surface area contributed by atoms with E-state index < -0.39 is 23.5 Å². The maximum atomic E-state index is 13.8. The van der Waals surface area contributed by atoms with Gasteiger partial charge < -0.3 is 10.0 Å². The summed E-state index contributed by atoms with van der Waals surface area (Å²) >= 11 is 1.13. The molecule has 1 aliphatic heterocycles. The highest BCUT2D eigenvalue weighted by Crippen LogP contribution is 2.45. The number of fused-ring (bicyclic) bond motifs is 1. The van der Waals surface area contributed by atoms with E-state index in [2.05, 4.69) is 4.98 Å². The smallest absolute Gasteiger partial charge is 0.301 e. The Bertz CT molecular complexity index is 1560. The summed E-state index contributed by atoms with van der Waals surface area (Å²) in [5.41, 5.74) is 4.30. The van der Waals surface area contributed by atoms with Crippen LogP contribution < -0.4 is 9.80 Å². The average Bonchev–Trinajstić information content (AvgIpc) is 3.38. The lowest BCUT2D eigenvalue weighted by atomic mass is 9.93. The average molecular weight is 502 g/mol. The predicted molar refractivity (Wildman–Crippen MR) is 141 cm³/mol. The molecule has 1 aliphatic rings. The molecule has 1 aromatic heterocycles. The van der Waals surface area contributed by atoms with Gasteiger partial charge in [0.2, 0.25) is 0 Å². The molecule has 5 rings (SSSR count). The molecule has 2 heterocycles. The molecule has 6 nitrogen and oxygen atoms in total. The van der Waals surface area contributed by atoms with Crippen molar-refractivity contribution >= 4 is 49.8 Å². The molecular formula is C28H24FN3O3S. The van der Waals surface area contributed by atoms with Gasteiger partial charge in [0.1, 0.15) is 11.6 Å². The molecule has 0 spiro atoms. The van der Waals surface area contributed by atoms with E-state index >= 15 is 0 Å². The Labute approximate surface area is 211 Å². The minimum absolute atomic E-state index is 0.00302. The predicted octanol–water partition coefficient (Wildman–Crippen LogP) is 5.74. The number of aliphatic hydroxyl groups is 1. The van der Waals surface area contributed by atoms with E-state index in [-0.39, 0.29) is 16.5 Å². The van der Waals surface area contributed by atoms with Gasteiger partial charge in [-0.05, 0) is 61.4 Å². The summed E-state index contributed by atoms with van der Waals surface area (Å²) in [7, 11) is 3.84. The number of halogens is 1. The first kappa shape index (κ1) is 23.7. The molecule has 0 radical (unpaired) electrons. The molecule has 36 heavy (non-hydrogen) atoms. The van der Waals surface area contributed by atoms with Crippen LogP contribution in [-0.4, -0.2) is 35.9 Å². The second-order valence-electron chi connectivity index (χ2n) is 9.08. The van der Waals surface area contributed by atoms with Gasteiger partial charge in [-0.3, -0.25) is 14.5 Å². The molecule has 1 saturated heterocycles. The van der Waals surface area contributed by atoms with Crippen LogP contribution >= 0.6 is 11.3 Å². The fraction of sp³-hybridized carbons (Fsp3) is 0.179. The Hall–Kier alpha value is -4.04. The number of benzene rings is 3. The number of aryl methyl sites for hydroxylation is 2. The molecule has 1 N–H and O–H groups in total. The fourth-order valence-electron chi connectivity index (χ4n) is 4.43. The van der Waals surface area contributed by atoms with E-state index in [9.17, 15) is 19.1 Å². The molecule has 1 unspecified atom stereocenters. The molecule has 1 amide bonds. The monoisotopic (exact) mass is 501 g/mol. The van der Waals surface area contributed by atoms with Crippen molar-refractivity contribution in [3.63, 3.8) is 0 Å². The number of ketones is 1. The molecule has 0 saturated carbocycles. The van der Waals surface area contributed by atoms with E-state index in [4.69, 9.17) is 0 Å². The molecule has 1 atom stereocenters. The Kier molecular flexibility index (Phi) is 5.84. The minimum Gasteiger partial charge on any atom is -0.507 e. The molecule has 4 aromatic rings. The first-order valence-electron chi connectivity index (χ1n) is 11.4. The zero-order valence-electron chi connectivity index (χ0n) is 20.2. The maximum absolute atomic E-state index is 13.8. The van der Waals surface area contributed by atoms with Crippen molar-refractivity contribution in [2.24, 2.45) is 0 Å². The number of aromatic nitrogens is 1. The highest BCUT2D eigenvalue weighted by molar-refractivity contribution is 7.22. The molecule has 1 fully saturated rings. The summed E-state index contributed by atoms with van der Waals surface area (Å²) in [5.74, 6) is -2.22. The van der Waals surface area contributed by atoms with Crippen molar-refractivity contribution in [3.8, 4) is 0 Å². The number of Topliss-reactive ketones (excluding diaryl/α,β-unsaturated/α-hetero) is 1. The van der Waals surface area contributed by atoms with E-state index in [1.165, 1.54) is 23.1 Å². The summed E-state index contributed by atoms with van der Waals surface area (Å²) in [5, 5.41) is 11.7. The number of nitrogens with zero attached hydrogens (tertiary/aromatic N) is 3.